The van der Waals surface area contributed by atoms with Crippen LogP contribution in [-0.4, -0.2) is 10.8 Å². The van der Waals surface area contributed by atoms with Gasteiger partial charge < -0.3 is 10.5 Å². The van der Waals surface area contributed by atoms with Gasteiger partial charge in [0.1, 0.15) is 5.75 Å². The number of phenols is 1. The number of phenolic OH excluding ortho intramolecular Hbond substituents is 1. The summed E-state index contributed by atoms with van der Waals surface area (Å²) in [5.41, 5.74) is 1.25. The van der Waals surface area contributed by atoms with Gasteiger partial charge in [0.15, 0.2) is 0 Å². The second-order valence-electron chi connectivity index (χ2n) is 3.98. The predicted molar refractivity (Wildman–Crippen MR) is 56.9 cm³/mol. The van der Waals surface area contributed by atoms with Crippen LogP contribution in [0.15, 0.2) is 24.3 Å². The Morgan fingerprint density at radius 2 is 2.07 bits per heavy atom. The summed E-state index contributed by atoms with van der Waals surface area (Å²) in [7, 11) is 0. The number of hydrogen-bond acceptors (Lipinski definition) is 2. The van der Waals surface area contributed by atoms with Gasteiger partial charge in [-0.1, -0.05) is 25.0 Å². The minimum Gasteiger partial charge on any atom is -0.507 e. The van der Waals surface area contributed by atoms with E-state index in [1.165, 1.54) is 12.8 Å². The lowest BCUT2D eigenvalue weighted by Crippen LogP contribution is -1.99. The molecule has 0 radical (unpaired) electrons. The van der Waals surface area contributed by atoms with Gasteiger partial charge in [0, 0.05) is 11.3 Å². The Bertz CT molecular complexity index is 342. The summed E-state index contributed by atoms with van der Waals surface area (Å²) in [6.45, 7) is 0. The number of benzene rings is 1. The maximum atomic E-state index is 9.52. The first kappa shape index (κ1) is 9.25. The van der Waals surface area contributed by atoms with Crippen LogP contribution >= 0.6 is 0 Å². The lowest BCUT2D eigenvalue weighted by Gasteiger charge is -2.05. The molecule has 1 aromatic rings. The fraction of sp³-hybridized carbons (Fsp3) is 0.417. The molecule has 2 nitrogen and oxygen atoms in total. The van der Waals surface area contributed by atoms with E-state index in [1.54, 1.807) is 12.1 Å². The molecule has 0 aromatic heterocycles. The fourth-order valence-electron chi connectivity index (χ4n) is 1.62. The summed E-state index contributed by atoms with van der Waals surface area (Å²) >= 11 is 0. The minimum atomic E-state index is 0.230. The van der Waals surface area contributed by atoms with Crippen molar-refractivity contribution < 1.29 is 5.11 Å². The Labute approximate surface area is 84.1 Å². The molecule has 1 fully saturated rings. The number of para-hydroxylation sites is 1. The van der Waals surface area contributed by atoms with E-state index < -0.39 is 0 Å². The maximum Gasteiger partial charge on any atom is 0.124 e. The first-order valence-corrected chi connectivity index (χ1v) is 5.13. The van der Waals surface area contributed by atoms with E-state index in [9.17, 15) is 5.11 Å². The van der Waals surface area contributed by atoms with E-state index in [0.29, 0.717) is 11.3 Å². The highest BCUT2D eigenvalue weighted by atomic mass is 16.3. The number of hydrogen-bond donors (Lipinski definition) is 2. The van der Waals surface area contributed by atoms with Crippen molar-refractivity contribution in [2.45, 2.75) is 25.7 Å². The predicted octanol–water partition coefficient (Wildman–Crippen LogP) is 2.95. The summed E-state index contributed by atoms with van der Waals surface area (Å²) in [6, 6.07) is 7.10. The van der Waals surface area contributed by atoms with Crippen LogP contribution in [0.3, 0.4) is 0 Å². The van der Waals surface area contributed by atoms with Gasteiger partial charge in [-0.15, -0.1) is 0 Å². The molecule has 0 unspecified atom stereocenters. The number of aromatic hydroxyl groups is 1. The maximum absolute atomic E-state index is 9.52. The van der Waals surface area contributed by atoms with E-state index in [0.717, 1.165) is 18.8 Å². The molecule has 0 spiro atoms. The summed E-state index contributed by atoms with van der Waals surface area (Å²) < 4.78 is 0. The SMILES string of the molecule is N=C(CCC1CC1)c1ccccc1O. The van der Waals surface area contributed by atoms with E-state index in [4.69, 9.17) is 5.41 Å². The molecule has 0 bridgehead atoms. The Hall–Kier alpha value is -1.31. The molecule has 14 heavy (non-hydrogen) atoms. The van der Waals surface area contributed by atoms with Gasteiger partial charge >= 0.3 is 0 Å². The monoisotopic (exact) mass is 189 g/mol. The van der Waals surface area contributed by atoms with Gasteiger partial charge in [0.2, 0.25) is 0 Å². The third kappa shape index (κ3) is 2.13. The summed E-state index contributed by atoms with van der Waals surface area (Å²) in [5.74, 6) is 1.08. The lowest BCUT2D eigenvalue weighted by molar-refractivity contribution is 0.474. The van der Waals surface area contributed by atoms with Gasteiger partial charge in [-0.05, 0) is 30.9 Å². The molecule has 0 aliphatic heterocycles. The zero-order valence-electron chi connectivity index (χ0n) is 8.16. The van der Waals surface area contributed by atoms with Crippen LogP contribution in [0, 0.1) is 11.3 Å². The second-order valence-corrected chi connectivity index (χ2v) is 3.98. The van der Waals surface area contributed by atoms with Crippen LogP contribution in [0.1, 0.15) is 31.2 Å². The van der Waals surface area contributed by atoms with Crippen LogP contribution in [0.4, 0.5) is 0 Å². The Morgan fingerprint density at radius 3 is 2.71 bits per heavy atom. The average Bonchev–Trinajstić information content (AvgIpc) is 2.98. The van der Waals surface area contributed by atoms with Crippen molar-refractivity contribution in [3.63, 3.8) is 0 Å². The molecule has 2 N–H and O–H groups in total. The Kier molecular flexibility index (Phi) is 2.53. The van der Waals surface area contributed by atoms with Gasteiger partial charge in [-0.2, -0.15) is 0 Å². The fourth-order valence-corrected chi connectivity index (χ4v) is 1.62. The minimum absolute atomic E-state index is 0.230. The van der Waals surface area contributed by atoms with Crippen LogP contribution in [0.2, 0.25) is 0 Å². The zero-order valence-corrected chi connectivity index (χ0v) is 8.16. The Morgan fingerprint density at radius 1 is 1.36 bits per heavy atom. The van der Waals surface area contributed by atoms with Crippen molar-refractivity contribution in [1.29, 1.82) is 5.41 Å². The third-order valence-corrected chi connectivity index (χ3v) is 2.73. The molecule has 2 rings (SSSR count). The molecule has 1 aliphatic rings. The number of rotatable bonds is 4. The van der Waals surface area contributed by atoms with E-state index in [1.807, 2.05) is 12.1 Å². The first-order chi connectivity index (χ1) is 6.77. The molecule has 0 saturated heterocycles. The molecule has 1 saturated carbocycles. The third-order valence-electron chi connectivity index (χ3n) is 2.73. The van der Waals surface area contributed by atoms with E-state index in [-0.39, 0.29) is 5.75 Å². The number of nitrogens with one attached hydrogen (secondary N) is 1. The zero-order chi connectivity index (χ0) is 9.97. The van der Waals surface area contributed by atoms with Gasteiger partial charge in [0.25, 0.3) is 0 Å². The molecule has 0 amide bonds. The molecular weight excluding hydrogens is 174 g/mol. The lowest BCUT2D eigenvalue weighted by atomic mass is 10.0. The van der Waals surface area contributed by atoms with E-state index >= 15 is 0 Å². The average molecular weight is 189 g/mol. The quantitative estimate of drug-likeness (QED) is 0.703. The van der Waals surface area contributed by atoms with Gasteiger partial charge in [0.05, 0.1) is 0 Å². The van der Waals surface area contributed by atoms with Crippen LogP contribution < -0.4 is 0 Å². The smallest absolute Gasteiger partial charge is 0.124 e. The van der Waals surface area contributed by atoms with Crippen molar-refractivity contribution in [1.82, 2.24) is 0 Å². The molecule has 2 heteroatoms. The van der Waals surface area contributed by atoms with Crippen LogP contribution in [-0.2, 0) is 0 Å². The van der Waals surface area contributed by atoms with E-state index in [2.05, 4.69) is 0 Å². The molecule has 1 aliphatic carbocycles. The van der Waals surface area contributed by atoms with Crippen molar-refractivity contribution in [2.75, 3.05) is 0 Å². The first-order valence-electron chi connectivity index (χ1n) is 5.13. The Balaban J connectivity index is 1.98. The van der Waals surface area contributed by atoms with Gasteiger partial charge in [-0.3, -0.25) is 0 Å². The molecule has 74 valence electrons. The second kappa shape index (κ2) is 3.82. The standard InChI is InChI=1S/C12H15NO/c13-11(8-7-9-5-6-9)10-3-1-2-4-12(10)14/h1-4,9,13-14H,5-8H2. The highest BCUT2D eigenvalue weighted by molar-refractivity contribution is 6.00. The summed E-state index contributed by atoms with van der Waals surface area (Å²) in [6.07, 6.45) is 4.55. The van der Waals surface area contributed by atoms with Crippen molar-refractivity contribution >= 4 is 5.71 Å². The molecule has 1 aromatic carbocycles. The van der Waals surface area contributed by atoms with Crippen molar-refractivity contribution in [3.8, 4) is 5.75 Å². The topological polar surface area (TPSA) is 44.1 Å². The van der Waals surface area contributed by atoms with Gasteiger partial charge in [-0.25, -0.2) is 0 Å². The summed E-state index contributed by atoms with van der Waals surface area (Å²) in [5, 5.41) is 17.4. The molecule has 0 atom stereocenters. The normalized spacial score (nSPS) is 15.4. The van der Waals surface area contributed by atoms with Crippen LogP contribution in [0.25, 0.3) is 0 Å². The van der Waals surface area contributed by atoms with Crippen molar-refractivity contribution in [2.24, 2.45) is 5.92 Å². The highest BCUT2D eigenvalue weighted by Crippen LogP contribution is 2.34. The highest BCUT2D eigenvalue weighted by Gasteiger charge is 2.21. The summed E-state index contributed by atoms with van der Waals surface area (Å²) in [4.78, 5) is 0. The molecular formula is C12H15NO. The molecule has 0 heterocycles. The van der Waals surface area contributed by atoms with Crippen LogP contribution in [0.5, 0.6) is 5.75 Å². The largest absolute Gasteiger partial charge is 0.507 e. The van der Waals surface area contributed by atoms with Crippen molar-refractivity contribution in [3.05, 3.63) is 29.8 Å².